The van der Waals surface area contributed by atoms with Crippen LogP contribution < -0.4 is 29.1 Å². The number of nitrogens with one attached hydrogen (secondary N) is 1. The van der Waals surface area contributed by atoms with Gasteiger partial charge in [-0.3, -0.25) is 5.21 Å². The minimum absolute atomic E-state index is 0.139. The zero-order chi connectivity index (χ0) is 29.4. The van der Waals surface area contributed by atoms with Crippen LogP contribution in [-0.4, -0.2) is 58.2 Å². The third kappa shape index (κ3) is 7.78. The molecule has 4 rings (SSSR count). The molecule has 1 saturated heterocycles. The maximum absolute atomic E-state index is 9.75. The van der Waals surface area contributed by atoms with Gasteiger partial charge in [-0.1, -0.05) is 17.7 Å². The first-order valence-electron chi connectivity index (χ1n) is 13.5. The van der Waals surface area contributed by atoms with E-state index in [4.69, 9.17) is 28.4 Å². The lowest BCUT2D eigenvalue weighted by Crippen LogP contribution is -2.30. The van der Waals surface area contributed by atoms with Crippen LogP contribution in [0.3, 0.4) is 0 Å². The first-order chi connectivity index (χ1) is 19.9. The highest BCUT2D eigenvalue weighted by molar-refractivity contribution is 7.99. The zero-order valence-electron chi connectivity index (χ0n) is 24.6. The predicted molar refractivity (Wildman–Crippen MR) is 159 cm³/mol. The number of methoxy groups -OCH3 is 4. The van der Waals surface area contributed by atoms with E-state index in [9.17, 15) is 5.21 Å². The highest BCUT2D eigenvalue weighted by Gasteiger charge is 2.31. The van der Waals surface area contributed by atoms with Crippen molar-refractivity contribution in [2.24, 2.45) is 0 Å². The summed E-state index contributed by atoms with van der Waals surface area (Å²) in [6, 6.07) is 16.4. The number of hydrazine groups is 1. The van der Waals surface area contributed by atoms with Crippen LogP contribution in [0, 0.1) is 6.92 Å². The summed E-state index contributed by atoms with van der Waals surface area (Å²) in [6.45, 7) is 2.93. The van der Waals surface area contributed by atoms with Crippen LogP contribution in [0.15, 0.2) is 53.4 Å². The quantitative estimate of drug-likeness (QED) is 0.131. The number of ether oxygens (including phenoxy) is 6. The highest BCUT2D eigenvalue weighted by atomic mass is 32.2. The standard InChI is InChI=1S/C31H40N2O7S/c1-20-7-9-24(10-8-20)41-14-13-39-30-23(19-32-33(2)34)15-21(16-27(30)35-3)25-11-12-26(40-25)22-17-28(36-4)31(38-6)29(18-22)37-5/h7-10,15-18,25-26,32,34H,11-14,19H2,1-6H3. The molecule has 1 fully saturated rings. The maximum Gasteiger partial charge on any atom is 0.203 e. The Morgan fingerprint density at radius 3 is 1.95 bits per heavy atom. The van der Waals surface area contributed by atoms with Gasteiger partial charge in [0.1, 0.15) is 0 Å². The van der Waals surface area contributed by atoms with E-state index >= 15 is 0 Å². The molecule has 1 heterocycles. The van der Waals surface area contributed by atoms with E-state index < -0.39 is 0 Å². The van der Waals surface area contributed by atoms with Crippen molar-refractivity contribution in [2.75, 3.05) is 47.8 Å². The minimum atomic E-state index is -0.148. The van der Waals surface area contributed by atoms with Crippen LogP contribution in [0.4, 0.5) is 0 Å². The van der Waals surface area contributed by atoms with Gasteiger partial charge in [0, 0.05) is 29.8 Å². The van der Waals surface area contributed by atoms with Gasteiger partial charge in [0.2, 0.25) is 5.75 Å². The molecule has 3 aromatic rings. The molecule has 0 aliphatic carbocycles. The smallest absolute Gasteiger partial charge is 0.203 e. The van der Waals surface area contributed by atoms with Gasteiger partial charge in [0.15, 0.2) is 23.0 Å². The van der Waals surface area contributed by atoms with Crippen molar-refractivity contribution in [1.29, 1.82) is 0 Å². The third-order valence-electron chi connectivity index (χ3n) is 6.94. The van der Waals surface area contributed by atoms with Gasteiger partial charge in [-0.25, -0.2) is 5.43 Å². The number of nitrogens with zero attached hydrogens (tertiary/aromatic N) is 1. The summed E-state index contributed by atoms with van der Waals surface area (Å²) < 4.78 is 35.1. The van der Waals surface area contributed by atoms with Crippen LogP contribution in [-0.2, 0) is 11.3 Å². The topological polar surface area (TPSA) is 90.9 Å². The van der Waals surface area contributed by atoms with Crippen molar-refractivity contribution in [3.63, 3.8) is 0 Å². The van der Waals surface area contributed by atoms with E-state index in [1.807, 2.05) is 18.2 Å². The molecule has 1 aliphatic heterocycles. The molecule has 9 nitrogen and oxygen atoms in total. The fourth-order valence-corrected chi connectivity index (χ4v) is 5.60. The fraction of sp³-hybridized carbons (Fsp3) is 0.419. The Bertz CT molecular complexity index is 1260. The molecule has 41 heavy (non-hydrogen) atoms. The average molecular weight is 585 g/mol. The number of hydrogen-bond donors (Lipinski definition) is 2. The summed E-state index contributed by atoms with van der Waals surface area (Å²) in [6.07, 6.45) is 1.36. The number of hydrogen-bond acceptors (Lipinski definition) is 10. The van der Waals surface area contributed by atoms with Gasteiger partial charge in [-0.2, -0.15) is 0 Å². The Morgan fingerprint density at radius 1 is 0.854 bits per heavy atom. The van der Waals surface area contributed by atoms with Gasteiger partial charge >= 0.3 is 0 Å². The molecule has 3 aromatic carbocycles. The van der Waals surface area contributed by atoms with E-state index in [0.717, 1.165) is 40.5 Å². The third-order valence-corrected chi connectivity index (χ3v) is 7.92. The van der Waals surface area contributed by atoms with Gasteiger partial charge in [-0.05, 0) is 67.3 Å². The molecular weight excluding hydrogens is 544 g/mol. The fourth-order valence-electron chi connectivity index (χ4n) is 4.87. The van der Waals surface area contributed by atoms with Crippen molar-refractivity contribution in [2.45, 2.75) is 43.4 Å². The van der Waals surface area contributed by atoms with E-state index in [1.54, 1.807) is 40.2 Å². The summed E-state index contributed by atoms with van der Waals surface area (Å²) in [4.78, 5) is 1.20. The molecule has 1 aliphatic rings. The summed E-state index contributed by atoms with van der Waals surface area (Å²) >= 11 is 1.74. The Balaban J connectivity index is 1.52. The number of benzene rings is 3. The summed E-state index contributed by atoms with van der Waals surface area (Å²) in [5.74, 6) is 3.80. The van der Waals surface area contributed by atoms with Crippen LogP contribution in [0.1, 0.15) is 47.3 Å². The maximum atomic E-state index is 9.75. The van der Waals surface area contributed by atoms with Crippen LogP contribution in [0.25, 0.3) is 0 Å². The van der Waals surface area contributed by atoms with Crippen molar-refractivity contribution in [1.82, 2.24) is 10.6 Å². The van der Waals surface area contributed by atoms with Gasteiger partial charge in [0.05, 0.1) is 47.3 Å². The first kappa shape index (κ1) is 30.8. The van der Waals surface area contributed by atoms with Crippen LogP contribution in [0.2, 0.25) is 0 Å². The molecule has 222 valence electrons. The Hall–Kier alpha value is -3.15. The Labute approximate surface area is 246 Å². The largest absolute Gasteiger partial charge is 0.493 e. The van der Waals surface area contributed by atoms with Gasteiger partial charge in [0.25, 0.3) is 0 Å². The molecule has 10 heteroatoms. The van der Waals surface area contributed by atoms with E-state index in [1.165, 1.54) is 17.5 Å². The lowest BCUT2D eigenvalue weighted by molar-refractivity contribution is -0.114. The molecule has 2 unspecified atom stereocenters. The van der Waals surface area contributed by atoms with Crippen molar-refractivity contribution in [3.8, 4) is 28.7 Å². The van der Waals surface area contributed by atoms with E-state index in [0.29, 0.717) is 41.9 Å². The molecule has 2 N–H and O–H groups in total. The van der Waals surface area contributed by atoms with Crippen LogP contribution in [0.5, 0.6) is 28.7 Å². The van der Waals surface area contributed by atoms with Crippen molar-refractivity contribution in [3.05, 3.63) is 70.8 Å². The van der Waals surface area contributed by atoms with E-state index in [2.05, 4.69) is 42.7 Å². The highest BCUT2D eigenvalue weighted by Crippen LogP contribution is 2.47. The molecule has 0 amide bonds. The minimum Gasteiger partial charge on any atom is -0.493 e. The lowest BCUT2D eigenvalue weighted by Gasteiger charge is -2.21. The molecule has 0 saturated carbocycles. The van der Waals surface area contributed by atoms with Gasteiger partial charge < -0.3 is 28.4 Å². The number of aryl methyl sites for hydroxylation is 1. The van der Waals surface area contributed by atoms with E-state index in [-0.39, 0.29) is 12.2 Å². The molecule has 0 radical (unpaired) electrons. The lowest BCUT2D eigenvalue weighted by atomic mass is 10.0. The predicted octanol–water partition coefficient (Wildman–Crippen LogP) is 6.12. The van der Waals surface area contributed by atoms with Crippen molar-refractivity contribution >= 4 is 11.8 Å². The summed E-state index contributed by atoms with van der Waals surface area (Å²) in [5, 5.41) is 10.7. The van der Waals surface area contributed by atoms with Crippen LogP contribution >= 0.6 is 11.8 Å². The van der Waals surface area contributed by atoms with Gasteiger partial charge in [-0.15, -0.1) is 16.9 Å². The first-order valence-corrected chi connectivity index (χ1v) is 14.5. The SMILES string of the molecule is COc1cc(C2CCC(c3cc(OC)c(OC)c(OC)c3)O2)cc(CNN(C)O)c1OCCSc1ccc(C)cc1. The molecule has 0 spiro atoms. The Morgan fingerprint density at radius 2 is 1.41 bits per heavy atom. The number of hydroxylamine groups is 1. The normalized spacial score (nSPS) is 16.6. The number of thioether (sulfide) groups is 1. The Kier molecular flexibility index (Phi) is 11.0. The molecule has 2 atom stereocenters. The second kappa shape index (κ2) is 14.7. The summed E-state index contributed by atoms with van der Waals surface area (Å²) in [7, 11) is 7.97. The monoisotopic (exact) mass is 584 g/mol. The number of rotatable bonds is 14. The second-order valence-electron chi connectivity index (χ2n) is 9.73. The summed E-state index contributed by atoms with van der Waals surface area (Å²) in [5.41, 5.74) is 6.97. The molecular formula is C31H40N2O7S. The molecule has 0 aromatic heterocycles. The average Bonchev–Trinajstić information content (AvgIpc) is 3.48. The van der Waals surface area contributed by atoms with Crippen molar-refractivity contribution < 1.29 is 33.6 Å². The second-order valence-corrected chi connectivity index (χ2v) is 10.9. The molecule has 0 bridgehead atoms. The zero-order valence-corrected chi connectivity index (χ0v) is 25.4.